The lowest BCUT2D eigenvalue weighted by molar-refractivity contribution is -0.148. The van der Waals surface area contributed by atoms with Crippen LogP contribution in [0.1, 0.15) is 55.7 Å². The van der Waals surface area contributed by atoms with Crippen LogP contribution < -0.4 is 18.9 Å². The van der Waals surface area contributed by atoms with E-state index in [1.165, 1.54) is 6.92 Å². The fraction of sp³-hybridized carbons (Fsp3) is 0.480. The van der Waals surface area contributed by atoms with Gasteiger partial charge in [0.25, 0.3) is 5.88 Å². The van der Waals surface area contributed by atoms with Gasteiger partial charge in [-0.25, -0.2) is 4.98 Å². The van der Waals surface area contributed by atoms with Crippen molar-refractivity contribution in [3.63, 3.8) is 0 Å². The first-order chi connectivity index (χ1) is 16.0. The van der Waals surface area contributed by atoms with Crippen LogP contribution in [0, 0.1) is 0 Å². The van der Waals surface area contributed by atoms with E-state index < -0.39 is 0 Å². The van der Waals surface area contributed by atoms with Gasteiger partial charge in [0, 0.05) is 30.2 Å². The molecule has 0 unspecified atom stereocenters. The number of rotatable bonds is 7. The van der Waals surface area contributed by atoms with E-state index in [0.29, 0.717) is 29.7 Å². The van der Waals surface area contributed by atoms with E-state index in [0.717, 1.165) is 41.7 Å². The van der Waals surface area contributed by atoms with Crippen molar-refractivity contribution in [3.8, 4) is 23.1 Å². The Labute approximate surface area is 193 Å². The van der Waals surface area contributed by atoms with Gasteiger partial charge in [-0.1, -0.05) is 0 Å². The number of ether oxygens (including phenoxy) is 5. The number of benzene rings is 1. The van der Waals surface area contributed by atoms with Gasteiger partial charge in [0.2, 0.25) is 0 Å². The van der Waals surface area contributed by atoms with Crippen molar-refractivity contribution >= 4 is 11.7 Å². The predicted octanol–water partition coefficient (Wildman–Crippen LogP) is 3.92. The smallest absolute Gasteiger partial charge is 0.302 e. The van der Waals surface area contributed by atoms with Crippen LogP contribution in [0.15, 0.2) is 29.4 Å². The fourth-order valence-corrected chi connectivity index (χ4v) is 4.79. The third-order valence-corrected chi connectivity index (χ3v) is 6.19. The van der Waals surface area contributed by atoms with Gasteiger partial charge >= 0.3 is 5.97 Å². The molecular weight excluding hydrogens is 424 g/mol. The van der Waals surface area contributed by atoms with Crippen LogP contribution in [0.3, 0.4) is 0 Å². The maximum atomic E-state index is 11.6. The standard InChI is InChI=1S/C25H30N2O6/c1-6-32-22-11-17-18-10-16(33-14(2)28)7-8-20(18)27-24(19(17)12-21(22)29-3)15-9-23(30-4)25(31-5)26-13-15/h9,11-13,16,18,20H,6-8,10H2,1-5H3/t16-,18-,20-/m1/s1. The molecule has 0 spiro atoms. The molecule has 8 heteroatoms. The first-order valence-corrected chi connectivity index (χ1v) is 11.2. The molecule has 0 radical (unpaired) electrons. The molecule has 1 aliphatic heterocycles. The maximum Gasteiger partial charge on any atom is 0.302 e. The van der Waals surface area contributed by atoms with Crippen molar-refractivity contribution < 1.29 is 28.5 Å². The third-order valence-electron chi connectivity index (χ3n) is 6.19. The molecule has 176 valence electrons. The molecule has 1 aromatic heterocycles. The Hall–Kier alpha value is -3.29. The molecule has 8 nitrogen and oxygen atoms in total. The maximum absolute atomic E-state index is 11.6. The summed E-state index contributed by atoms with van der Waals surface area (Å²) in [4.78, 5) is 21.1. The lowest BCUT2D eigenvalue weighted by Gasteiger charge is -2.38. The number of nitrogens with zero attached hydrogens (tertiary/aromatic N) is 2. The van der Waals surface area contributed by atoms with Gasteiger partial charge in [0.1, 0.15) is 6.10 Å². The van der Waals surface area contributed by atoms with Gasteiger partial charge in [-0.05, 0) is 49.9 Å². The monoisotopic (exact) mass is 454 g/mol. The molecule has 1 saturated carbocycles. The van der Waals surface area contributed by atoms with Crippen LogP contribution >= 0.6 is 0 Å². The quantitative estimate of drug-likeness (QED) is 0.586. The van der Waals surface area contributed by atoms with E-state index in [9.17, 15) is 4.79 Å². The van der Waals surface area contributed by atoms with Gasteiger partial charge < -0.3 is 23.7 Å². The van der Waals surface area contributed by atoms with Gasteiger partial charge in [-0.2, -0.15) is 0 Å². The molecule has 1 aliphatic carbocycles. The number of aliphatic imine (C=N–C) groups is 1. The minimum Gasteiger partial charge on any atom is -0.493 e. The normalized spacial score (nSPS) is 21.2. The zero-order valence-electron chi connectivity index (χ0n) is 19.7. The number of esters is 1. The minimum atomic E-state index is -0.250. The highest BCUT2D eigenvalue weighted by Gasteiger charge is 2.39. The number of hydrogen-bond donors (Lipinski definition) is 0. The van der Waals surface area contributed by atoms with E-state index in [1.54, 1.807) is 27.5 Å². The summed E-state index contributed by atoms with van der Waals surface area (Å²) in [5, 5.41) is 0. The van der Waals surface area contributed by atoms with Crippen molar-refractivity contribution in [3.05, 3.63) is 41.1 Å². The zero-order chi connectivity index (χ0) is 23.5. The molecule has 33 heavy (non-hydrogen) atoms. The number of fused-ring (bicyclic) bond motifs is 3. The lowest BCUT2D eigenvalue weighted by atomic mass is 9.74. The average Bonchev–Trinajstić information content (AvgIpc) is 2.82. The topological polar surface area (TPSA) is 88.5 Å². The first-order valence-electron chi connectivity index (χ1n) is 11.2. The largest absolute Gasteiger partial charge is 0.493 e. The van der Waals surface area contributed by atoms with Gasteiger partial charge in [0.15, 0.2) is 17.2 Å². The summed E-state index contributed by atoms with van der Waals surface area (Å²) in [6.45, 7) is 3.93. The number of pyridine rings is 1. The Morgan fingerprint density at radius 3 is 2.48 bits per heavy atom. The molecule has 0 amide bonds. The highest BCUT2D eigenvalue weighted by atomic mass is 16.5. The van der Waals surface area contributed by atoms with Crippen LogP contribution in [-0.4, -0.2) is 56.7 Å². The van der Waals surface area contributed by atoms with Crippen LogP contribution in [0.5, 0.6) is 23.1 Å². The molecule has 3 atom stereocenters. The van der Waals surface area contributed by atoms with Gasteiger partial charge in [0.05, 0.1) is 39.7 Å². The highest BCUT2D eigenvalue weighted by Crippen LogP contribution is 2.45. The number of hydrogen-bond acceptors (Lipinski definition) is 8. The SMILES string of the molecule is CCOc1cc2c(cc1OC)C(c1cnc(OC)c(OC)c1)=N[C@@H]1CC[C@@H](OC(C)=O)C[C@H]21. The summed E-state index contributed by atoms with van der Waals surface area (Å²) in [6, 6.07) is 5.98. The van der Waals surface area contributed by atoms with Crippen molar-refractivity contribution in [2.24, 2.45) is 4.99 Å². The first kappa shape index (κ1) is 22.9. The van der Waals surface area contributed by atoms with Gasteiger partial charge in [-0.15, -0.1) is 0 Å². The number of carbonyl (C=O) groups excluding carboxylic acids is 1. The number of methoxy groups -OCH3 is 3. The summed E-state index contributed by atoms with van der Waals surface area (Å²) in [5.41, 5.74) is 3.72. The molecule has 0 bridgehead atoms. The number of carbonyl (C=O) groups is 1. The summed E-state index contributed by atoms with van der Waals surface area (Å²) >= 11 is 0. The molecule has 2 aromatic rings. The Morgan fingerprint density at radius 2 is 1.82 bits per heavy atom. The summed E-state index contributed by atoms with van der Waals surface area (Å²) in [5.74, 6) is 2.15. The van der Waals surface area contributed by atoms with E-state index >= 15 is 0 Å². The fourth-order valence-electron chi connectivity index (χ4n) is 4.79. The van der Waals surface area contributed by atoms with E-state index in [-0.39, 0.29) is 24.0 Å². The van der Waals surface area contributed by atoms with Crippen molar-refractivity contribution in [1.82, 2.24) is 4.98 Å². The Kier molecular flexibility index (Phi) is 6.72. The third kappa shape index (κ3) is 4.47. The second-order valence-electron chi connectivity index (χ2n) is 8.15. The van der Waals surface area contributed by atoms with Crippen LogP contribution in [-0.2, 0) is 9.53 Å². The van der Waals surface area contributed by atoms with E-state index in [1.807, 2.05) is 25.1 Å². The van der Waals surface area contributed by atoms with Crippen LogP contribution in [0.2, 0.25) is 0 Å². The molecule has 1 fully saturated rings. The Bertz CT molecular complexity index is 1070. The molecule has 2 heterocycles. The molecule has 4 rings (SSSR count). The van der Waals surface area contributed by atoms with Crippen LogP contribution in [0.25, 0.3) is 0 Å². The Balaban J connectivity index is 1.84. The van der Waals surface area contributed by atoms with E-state index in [2.05, 4.69) is 4.98 Å². The van der Waals surface area contributed by atoms with Gasteiger partial charge in [-0.3, -0.25) is 9.79 Å². The molecule has 2 aliphatic rings. The summed E-state index contributed by atoms with van der Waals surface area (Å²) in [7, 11) is 4.77. The van der Waals surface area contributed by atoms with Crippen molar-refractivity contribution in [1.29, 1.82) is 0 Å². The van der Waals surface area contributed by atoms with Crippen LogP contribution in [0.4, 0.5) is 0 Å². The Morgan fingerprint density at radius 1 is 1.03 bits per heavy atom. The second-order valence-corrected chi connectivity index (χ2v) is 8.15. The number of aromatic nitrogens is 1. The second kappa shape index (κ2) is 9.68. The predicted molar refractivity (Wildman–Crippen MR) is 123 cm³/mol. The molecular formula is C25H30N2O6. The molecule has 0 N–H and O–H groups in total. The molecule has 0 saturated heterocycles. The lowest BCUT2D eigenvalue weighted by Crippen LogP contribution is -2.36. The minimum absolute atomic E-state index is 0.0651. The zero-order valence-corrected chi connectivity index (χ0v) is 19.7. The summed E-state index contributed by atoms with van der Waals surface area (Å²) in [6.07, 6.45) is 3.95. The average molecular weight is 455 g/mol. The summed E-state index contributed by atoms with van der Waals surface area (Å²) < 4.78 is 27.8. The van der Waals surface area contributed by atoms with E-state index in [4.69, 9.17) is 28.7 Å². The molecule has 1 aromatic carbocycles. The van der Waals surface area contributed by atoms with Crippen molar-refractivity contribution in [2.75, 3.05) is 27.9 Å². The van der Waals surface area contributed by atoms with Crippen molar-refractivity contribution in [2.45, 2.75) is 51.2 Å². The highest BCUT2D eigenvalue weighted by molar-refractivity contribution is 6.15.